The van der Waals surface area contributed by atoms with Gasteiger partial charge in [-0.15, -0.1) is 0 Å². The van der Waals surface area contributed by atoms with Gasteiger partial charge in [0, 0.05) is 36.5 Å². The van der Waals surface area contributed by atoms with Crippen molar-refractivity contribution in [2.45, 2.75) is 45.4 Å². The Morgan fingerprint density at radius 1 is 1.00 bits per heavy atom. The Morgan fingerprint density at radius 2 is 1.73 bits per heavy atom. The SMILES string of the molecule is COc1nc(C)nc(C2CC2)c1-c1ncc(C)c(OCc2ccc(-c3nc(C(F)(F)F)cn3C)cc2)n1. The van der Waals surface area contributed by atoms with Crippen molar-refractivity contribution in [3.63, 3.8) is 0 Å². The predicted octanol–water partition coefficient (Wildman–Crippen LogP) is 5.43. The van der Waals surface area contributed by atoms with Crippen LogP contribution in [0.3, 0.4) is 0 Å². The van der Waals surface area contributed by atoms with Gasteiger partial charge >= 0.3 is 6.18 Å². The van der Waals surface area contributed by atoms with Crippen LogP contribution in [0, 0.1) is 13.8 Å². The molecular weight excluding hydrogens is 485 g/mol. The van der Waals surface area contributed by atoms with Crippen LogP contribution in [0.1, 0.15) is 47.1 Å². The minimum atomic E-state index is -4.49. The molecule has 11 heteroatoms. The van der Waals surface area contributed by atoms with Gasteiger partial charge in [-0.25, -0.2) is 15.0 Å². The first-order valence-electron chi connectivity index (χ1n) is 11.7. The Bertz CT molecular complexity index is 1450. The monoisotopic (exact) mass is 510 g/mol. The summed E-state index contributed by atoms with van der Waals surface area (Å²) in [7, 11) is 3.10. The lowest BCUT2D eigenvalue weighted by Crippen LogP contribution is -2.06. The zero-order valence-corrected chi connectivity index (χ0v) is 20.8. The highest BCUT2D eigenvalue weighted by Gasteiger charge is 2.35. The van der Waals surface area contributed by atoms with Gasteiger partial charge in [0.05, 0.1) is 12.8 Å². The molecule has 0 spiro atoms. The molecule has 0 unspecified atom stereocenters. The average Bonchev–Trinajstić information content (AvgIpc) is 3.64. The van der Waals surface area contributed by atoms with Gasteiger partial charge in [-0.05, 0) is 32.3 Å². The summed E-state index contributed by atoms with van der Waals surface area (Å²) >= 11 is 0. The summed E-state index contributed by atoms with van der Waals surface area (Å²) in [4.78, 5) is 22.0. The zero-order valence-electron chi connectivity index (χ0n) is 20.8. The quantitative estimate of drug-likeness (QED) is 0.327. The van der Waals surface area contributed by atoms with E-state index in [1.165, 1.54) is 11.6 Å². The van der Waals surface area contributed by atoms with E-state index in [4.69, 9.17) is 9.47 Å². The highest BCUT2D eigenvalue weighted by atomic mass is 19.4. The Labute approximate surface area is 211 Å². The molecule has 0 bridgehead atoms. The van der Waals surface area contributed by atoms with Gasteiger partial charge in [0.2, 0.25) is 11.8 Å². The van der Waals surface area contributed by atoms with E-state index in [1.54, 1.807) is 37.6 Å². The van der Waals surface area contributed by atoms with Gasteiger partial charge in [-0.2, -0.15) is 23.1 Å². The predicted molar refractivity (Wildman–Crippen MR) is 129 cm³/mol. The summed E-state index contributed by atoms with van der Waals surface area (Å²) in [5.41, 5.74) is 2.79. The van der Waals surface area contributed by atoms with Crippen LogP contribution in [0.2, 0.25) is 0 Å². The van der Waals surface area contributed by atoms with Gasteiger partial charge in [0.25, 0.3) is 0 Å². The molecule has 0 N–H and O–H groups in total. The molecule has 3 heterocycles. The number of methoxy groups -OCH3 is 1. The first-order valence-corrected chi connectivity index (χ1v) is 11.7. The van der Waals surface area contributed by atoms with Crippen molar-refractivity contribution in [2.24, 2.45) is 7.05 Å². The number of aryl methyl sites for hydroxylation is 3. The molecule has 8 nitrogen and oxygen atoms in total. The maximum atomic E-state index is 13.0. The second-order valence-corrected chi connectivity index (χ2v) is 9.04. The highest BCUT2D eigenvalue weighted by Crippen LogP contribution is 2.45. The molecule has 0 radical (unpaired) electrons. The maximum absolute atomic E-state index is 13.0. The lowest BCUT2D eigenvalue weighted by molar-refractivity contribution is -0.140. The number of ether oxygens (including phenoxy) is 2. The van der Waals surface area contributed by atoms with Crippen molar-refractivity contribution >= 4 is 0 Å². The largest absolute Gasteiger partial charge is 0.480 e. The van der Waals surface area contributed by atoms with E-state index in [9.17, 15) is 13.2 Å². The van der Waals surface area contributed by atoms with E-state index < -0.39 is 11.9 Å². The minimum absolute atomic E-state index is 0.211. The first kappa shape index (κ1) is 24.7. The van der Waals surface area contributed by atoms with Crippen LogP contribution in [0.25, 0.3) is 22.8 Å². The fourth-order valence-electron chi connectivity index (χ4n) is 4.04. The van der Waals surface area contributed by atoms with E-state index in [2.05, 4.69) is 24.9 Å². The summed E-state index contributed by atoms with van der Waals surface area (Å²) in [5.74, 6) is 2.49. The normalized spacial score (nSPS) is 13.6. The van der Waals surface area contributed by atoms with Crippen molar-refractivity contribution in [3.05, 3.63) is 65.0 Å². The molecule has 0 saturated heterocycles. The van der Waals surface area contributed by atoms with Gasteiger partial charge in [-0.1, -0.05) is 24.3 Å². The molecule has 1 saturated carbocycles. The molecule has 37 heavy (non-hydrogen) atoms. The Morgan fingerprint density at radius 3 is 2.35 bits per heavy atom. The molecule has 1 aliphatic rings. The molecular formula is C26H25F3N6O2. The van der Waals surface area contributed by atoms with Crippen LogP contribution in [0.4, 0.5) is 13.2 Å². The molecule has 1 fully saturated rings. The van der Waals surface area contributed by atoms with Crippen LogP contribution in [0.5, 0.6) is 11.8 Å². The van der Waals surface area contributed by atoms with Crippen LogP contribution < -0.4 is 9.47 Å². The van der Waals surface area contributed by atoms with E-state index in [1.807, 2.05) is 13.8 Å². The molecule has 3 aromatic heterocycles. The van der Waals surface area contributed by atoms with Gasteiger partial charge in [0.15, 0.2) is 11.5 Å². The standard InChI is InChI=1S/C26H25F3N6O2/c1-14-11-30-22(20-21(17-9-10-17)31-15(2)32-25(20)36-4)34-24(14)37-13-16-5-7-18(8-6-16)23-33-19(12-35(23)3)26(27,28)29/h5-8,11-12,17H,9-10,13H2,1-4H3. The van der Waals surface area contributed by atoms with Crippen LogP contribution in [-0.2, 0) is 19.8 Å². The van der Waals surface area contributed by atoms with Crippen LogP contribution in [-0.4, -0.2) is 36.6 Å². The van der Waals surface area contributed by atoms with Crippen molar-refractivity contribution in [3.8, 4) is 34.5 Å². The molecule has 5 rings (SSSR count). The number of nitrogens with zero attached hydrogens (tertiary/aromatic N) is 6. The Hall–Kier alpha value is -4.02. The number of hydrogen-bond donors (Lipinski definition) is 0. The number of aromatic nitrogens is 6. The first-order chi connectivity index (χ1) is 17.6. The van der Waals surface area contributed by atoms with Crippen LogP contribution in [0.15, 0.2) is 36.7 Å². The molecule has 0 amide bonds. The number of benzene rings is 1. The third-order valence-corrected chi connectivity index (χ3v) is 6.08. The van der Waals surface area contributed by atoms with E-state index in [0.29, 0.717) is 40.5 Å². The van der Waals surface area contributed by atoms with E-state index in [-0.39, 0.29) is 12.4 Å². The molecule has 192 valence electrons. The van der Waals surface area contributed by atoms with Crippen molar-refractivity contribution in [2.75, 3.05) is 7.11 Å². The minimum Gasteiger partial charge on any atom is -0.480 e. The summed E-state index contributed by atoms with van der Waals surface area (Å²) < 4.78 is 51.9. The fourth-order valence-corrected chi connectivity index (χ4v) is 4.04. The second-order valence-electron chi connectivity index (χ2n) is 9.04. The number of rotatable bonds is 7. The lowest BCUT2D eigenvalue weighted by atomic mass is 10.1. The van der Waals surface area contributed by atoms with E-state index in [0.717, 1.165) is 35.9 Å². The summed E-state index contributed by atoms with van der Waals surface area (Å²) in [6.45, 7) is 3.90. The molecule has 1 aromatic carbocycles. The molecule has 0 atom stereocenters. The second kappa shape index (κ2) is 9.45. The van der Waals surface area contributed by atoms with Gasteiger partial charge in [-0.3, -0.25) is 0 Å². The Balaban J connectivity index is 1.37. The molecule has 1 aliphatic carbocycles. The van der Waals surface area contributed by atoms with Crippen molar-refractivity contribution in [1.29, 1.82) is 0 Å². The van der Waals surface area contributed by atoms with Gasteiger partial charge < -0.3 is 14.0 Å². The number of imidazole rings is 1. The third-order valence-electron chi connectivity index (χ3n) is 6.08. The molecule has 4 aromatic rings. The summed E-state index contributed by atoms with van der Waals surface area (Å²) in [6.07, 6.45) is 0.272. The van der Waals surface area contributed by atoms with Gasteiger partial charge in [0.1, 0.15) is 23.8 Å². The third kappa shape index (κ3) is 5.11. The highest BCUT2D eigenvalue weighted by molar-refractivity contribution is 5.66. The molecule has 0 aliphatic heterocycles. The zero-order chi connectivity index (χ0) is 26.3. The Kier molecular flexibility index (Phi) is 6.30. The maximum Gasteiger partial charge on any atom is 0.434 e. The lowest BCUT2D eigenvalue weighted by Gasteiger charge is -2.14. The summed E-state index contributed by atoms with van der Waals surface area (Å²) in [5, 5.41) is 0. The summed E-state index contributed by atoms with van der Waals surface area (Å²) in [6, 6.07) is 7.01. The van der Waals surface area contributed by atoms with Crippen molar-refractivity contribution in [1.82, 2.24) is 29.5 Å². The number of alkyl halides is 3. The van der Waals surface area contributed by atoms with E-state index >= 15 is 0 Å². The topological polar surface area (TPSA) is 87.8 Å². The smallest absolute Gasteiger partial charge is 0.434 e. The fraction of sp³-hybridized carbons (Fsp3) is 0.346. The van der Waals surface area contributed by atoms with Crippen LogP contribution >= 0.6 is 0 Å². The number of hydrogen-bond acceptors (Lipinski definition) is 7. The number of halogens is 3. The van der Waals surface area contributed by atoms with Crippen molar-refractivity contribution < 1.29 is 22.6 Å². The average molecular weight is 511 g/mol.